The zero-order chi connectivity index (χ0) is 26.5. The third kappa shape index (κ3) is 6.11. The highest BCUT2D eigenvalue weighted by Crippen LogP contribution is 2.34. The fourth-order valence-electron chi connectivity index (χ4n) is 4.93. The monoisotopic (exact) mass is 523 g/mol. The van der Waals surface area contributed by atoms with Gasteiger partial charge in [-0.3, -0.25) is 9.78 Å². The van der Waals surface area contributed by atoms with Gasteiger partial charge < -0.3 is 24.8 Å². The van der Waals surface area contributed by atoms with Gasteiger partial charge in [0.15, 0.2) is 11.5 Å². The van der Waals surface area contributed by atoms with Crippen LogP contribution in [0.15, 0.2) is 66.9 Å². The number of benzene rings is 2. The minimum Gasteiger partial charge on any atom is -0.486 e. The summed E-state index contributed by atoms with van der Waals surface area (Å²) in [5.74, 6) is -4.05. The van der Waals surface area contributed by atoms with Gasteiger partial charge in [-0.2, -0.15) is 8.78 Å². The van der Waals surface area contributed by atoms with Crippen LogP contribution >= 0.6 is 0 Å². The molecule has 2 atom stereocenters. The Bertz CT molecular complexity index is 1250. The number of hydrogen-bond donors (Lipinski definition) is 2. The lowest BCUT2D eigenvalue weighted by Gasteiger charge is -2.30. The highest BCUT2D eigenvalue weighted by atomic mass is 19.3. The first-order chi connectivity index (χ1) is 18.4. The first-order valence-corrected chi connectivity index (χ1v) is 12.9. The van der Waals surface area contributed by atoms with E-state index in [4.69, 9.17) is 9.47 Å². The normalized spacial score (nSPS) is 17.1. The smallest absolute Gasteiger partial charge is 0.328 e. The van der Waals surface area contributed by atoms with Crippen molar-refractivity contribution in [3.8, 4) is 22.8 Å². The molecule has 0 aliphatic carbocycles. The number of halogens is 2. The van der Waals surface area contributed by atoms with Crippen LogP contribution < -0.4 is 14.8 Å². The summed E-state index contributed by atoms with van der Waals surface area (Å²) >= 11 is 0. The van der Waals surface area contributed by atoms with E-state index in [1.807, 2.05) is 6.07 Å². The van der Waals surface area contributed by atoms with Crippen LogP contribution in [0.4, 0.5) is 8.78 Å². The zero-order valence-corrected chi connectivity index (χ0v) is 21.0. The molecule has 3 aromatic rings. The quantitative estimate of drug-likeness (QED) is 0.441. The highest BCUT2D eigenvalue weighted by molar-refractivity contribution is 5.84. The summed E-state index contributed by atoms with van der Waals surface area (Å²) in [6.45, 7) is 2.65. The molecule has 0 saturated carbocycles. The zero-order valence-electron chi connectivity index (χ0n) is 21.0. The molecule has 1 fully saturated rings. The fourth-order valence-corrected chi connectivity index (χ4v) is 4.93. The standard InChI is InChI=1S/C29H31F2N3O4/c30-29(31,18-20-6-5-7-21(16-20)23-8-1-2-11-32-23)28(36)33-24(19-34-12-3-4-13-34)27(35)22-9-10-25-26(17-22)38-15-14-37-25/h1-2,5-11,16-17,24,27,35H,3-4,12-15,18-19H2,(H,33,36). The van der Waals surface area contributed by atoms with Crippen LogP contribution in [0, 0.1) is 0 Å². The number of ether oxygens (including phenoxy) is 2. The number of nitrogens with one attached hydrogen (secondary N) is 1. The Kier molecular flexibility index (Phi) is 7.85. The maximum atomic E-state index is 15.2. The maximum Gasteiger partial charge on any atom is 0.328 e. The lowest BCUT2D eigenvalue weighted by molar-refractivity contribution is -0.147. The van der Waals surface area contributed by atoms with Crippen molar-refractivity contribution in [1.82, 2.24) is 15.2 Å². The van der Waals surface area contributed by atoms with E-state index in [1.54, 1.807) is 60.8 Å². The van der Waals surface area contributed by atoms with Crippen LogP contribution in [0.5, 0.6) is 11.5 Å². The molecule has 1 saturated heterocycles. The van der Waals surface area contributed by atoms with Crippen LogP contribution in [-0.4, -0.2) is 65.7 Å². The first kappa shape index (κ1) is 26.1. The summed E-state index contributed by atoms with van der Waals surface area (Å²) in [4.78, 5) is 19.3. The summed E-state index contributed by atoms with van der Waals surface area (Å²) in [6.07, 6.45) is 1.64. The molecule has 2 aliphatic rings. The van der Waals surface area contributed by atoms with Crippen LogP contribution in [0.2, 0.25) is 0 Å². The van der Waals surface area contributed by atoms with E-state index in [0.717, 1.165) is 25.9 Å². The molecule has 0 radical (unpaired) electrons. The molecule has 2 N–H and O–H groups in total. The molecule has 7 nitrogen and oxygen atoms in total. The number of aliphatic hydroxyl groups excluding tert-OH is 1. The summed E-state index contributed by atoms with van der Waals surface area (Å²) in [5.41, 5.74) is 2.14. The van der Waals surface area contributed by atoms with Gasteiger partial charge in [-0.1, -0.05) is 30.3 Å². The SMILES string of the molecule is O=C(NC(CN1CCCC1)C(O)c1ccc2c(c1)OCCO2)C(F)(F)Cc1cccc(-c2ccccn2)c1. The van der Waals surface area contributed by atoms with Gasteiger partial charge >= 0.3 is 5.92 Å². The van der Waals surface area contributed by atoms with Gasteiger partial charge in [0.2, 0.25) is 0 Å². The topological polar surface area (TPSA) is 83.9 Å². The number of pyridine rings is 1. The molecular formula is C29H31F2N3O4. The average molecular weight is 524 g/mol. The van der Waals surface area contributed by atoms with E-state index >= 15 is 8.78 Å². The maximum absolute atomic E-state index is 15.2. The third-order valence-corrected chi connectivity index (χ3v) is 6.90. The predicted molar refractivity (Wildman–Crippen MR) is 138 cm³/mol. The number of hydrogen-bond acceptors (Lipinski definition) is 6. The lowest BCUT2D eigenvalue weighted by atomic mass is 9.99. The second-order valence-corrected chi connectivity index (χ2v) is 9.73. The van der Waals surface area contributed by atoms with E-state index in [0.29, 0.717) is 47.1 Å². The van der Waals surface area contributed by atoms with Crippen LogP contribution in [0.3, 0.4) is 0 Å². The Hall–Kier alpha value is -3.56. The summed E-state index contributed by atoms with van der Waals surface area (Å²) in [6, 6.07) is 16.1. The molecule has 0 spiro atoms. The number of likely N-dealkylation sites (tertiary alicyclic amines) is 1. The predicted octanol–water partition coefficient (Wildman–Crippen LogP) is 4.01. The van der Waals surface area contributed by atoms with Gasteiger partial charge in [0.1, 0.15) is 19.3 Å². The Morgan fingerprint density at radius 1 is 1.03 bits per heavy atom. The van der Waals surface area contributed by atoms with Gasteiger partial charge in [0.25, 0.3) is 5.91 Å². The molecule has 2 aliphatic heterocycles. The second-order valence-electron chi connectivity index (χ2n) is 9.73. The summed E-state index contributed by atoms with van der Waals surface area (Å²) < 4.78 is 41.6. The molecule has 3 heterocycles. The molecule has 2 aromatic carbocycles. The van der Waals surface area contributed by atoms with Crippen LogP contribution in [0.25, 0.3) is 11.3 Å². The Morgan fingerprint density at radius 2 is 1.82 bits per heavy atom. The van der Waals surface area contributed by atoms with Crippen LogP contribution in [-0.2, 0) is 11.2 Å². The van der Waals surface area contributed by atoms with Crippen LogP contribution in [0.1, 0.15) is 30.1 Å². The minimum absolute atomic E-state index is 0.257. The van der Waals surface area contributed by atoms with Crippen molar-refractivity contribution in [2.45, 2.75) is 37.3 Å². The number of rotatable bonds is 9. The summed E-state index contributed by atoms with van der Waals surface area (Å²) in [5, 5.41) is 13.7. The lowest BCUT2D eigenvalue weighted by Crippen LogP contribution is -2.52. The molecule has 9 heteroatoms. The van der Waals surface area contributed by atoms with Crippen molar-refractivity contribution in [2.75, 3.05) is 32.8 Å². The molecule has 5 rings (SSSR count). The molecule has 2 unspecified atom stereocenters. The molecule has 0 bridgehead atoms. The number of nitrogens with zero attached hydrogens (tertiary/aromatic N) is 2. The number of carbonyl (C=O) groups excluding carboxylic acids is 1. The Labute approximate surface area is 220 Å². The van der Waals surface area contributed by atoms with Crippen molar-refractivity contribution in [1.29, 1.82) is 0 Å². The number of aromatic nitrogens is 1. The summed E-state index contributed by atoms with van der Waals surface area (Å²) in [7, 11) is 0. The van der Waals surface area contributed by atoms with E-state index in [2.05, 4.69) is 15.2 Å². The van der Waals surface area contributed by atoms with Gasteiger partial charge in [-0.25, -0.2) is 0 Å². The average Bonchev–Trinajstić information content (AvgIpc) is 3.45. The van der Waals surface area contributed by atoms with Crippen molar-refractivity contribution in [2.24, 2.45) is 0 Å². The minimum atomic E-state index is -3.68. The number of alkyl halides is 2. The Morgan fingerprint density at radius 3 is 2.58 bits per heavy atom. The number of aliphatic hydroxyl groups is 1. The number of carbonyl (C=O) groups is 1. The van der Waals surface area contributed by atoms with E-state index in [-0.39, 0.29) is 6.54 Å². The van der Waals surface area contributed by atoms with E-state index in [9.17, 15) is 9.90 Å². The largest absolute Gasteiger partial charge is 0.486 e. The molecule has 1 aromatic heterocycles. The van der Waals surface area contributed by atoms with Gasteiger partial charge in [0, 0.05) is 24.7 Å². The van der Waals surface area contributed by atoms with Gasteiger partial charge in [-0.15, -0.1) is 0 Å². The Balaban J connectivity index is 1.32. The second kappa shape index (κ2) is 11.4. The van der Waals surface area contributed by atoms with E-state index < -0.39 is 30.4 Å². The van der Waals surface area contributed by atoms with E-state index in [1.165, 1.54) is 0 Å². The fraction of sp³-hybridized carbons (Fsp3) is 0.379. The van der Waals surface area contributed by atoms with Crippen molar-refractivity contribution < 1.29 is 28.2 Å². The number of fused-ring (bicyclic) bond motifs is 1. The molecule has 1 amide bonds. The molecule has 38 heavy (non-hydrogen) atoms. The van der Waals surface area contributed by atoms with Crippen molar-refractivity contribution >= 4 is 5.91 Å². The van der Waals surface area contributed by atoms with Gasteiger partial charge in [0.05, 0.1) is 11.7 Å². The van der Waals surface area contributed by atoms with Crippen molar-refractivity contribution in [3.05, 3.63) is 78.0 Å². The molecule has 200 valence electrons. The highest BCUT2D eigenvalue weighted by Gasteiger charge is 2.41. The number of amides is 1. The molecular weight excluding hydrogens is 492 g/mol. The van der Waals surface area contributed by atoms with Crippen molar-refractivity contribution in [3.63, 3.8) is 0 Å². The first-order valence-electron chi connectivity index (χ1n) is 12.9. The van der Waals surface area contributed by atoms with Gasteiger partial charge in [-0.05, 0) is 67.4 Å². The third-order valence-electron chi connectivity index (χ3n) is 6.90.